The minimum absolute atomic E-state index is 0.0701. The molecule has 3 rings (SSSR count). The lowest BCUT2D eigenvalue weighted by Crippen LogP contribution is -2.51. The molecule has 118 valence electrons. The number of esters is 1. The van der Waals surface area contributed by atoms with Crippen LogP contribution >= 0.6 is 0 Å². The highest BCUT2D eigenvalue weighted by atomic mass is 16.6. The molecule has 4 nitrogen and oxygen atoms in total. The predicted molar refractivity (Wildman–Crippen MR) is 80.6 cm³/mol. The van der Waals surface area contributed by atoms with Crippen LogP contribution in [0.3, 0.4) is 0 Å². The fraction of sp³-hybridized carbons (Fsp3) is 0.824. The van der Waals surface area contributed by atoms with Crippen molar-refractivity contribution in [1.82, 2.24) is 0 Å². The quantitative estimate of drug-likeness (QED) is 0.638. The maximum atomic E-state index is 12.2. The summed E-state index contributed by atoms with van der Waals surface area (Å²) in [5, 5.41) is 0. The minimum atomic E-state index is -0.421. The van der Waals surface area contributed by atoms with E-state index in [0.717, 1.165) is 19.6 Å². The molecule has 1 saturated heterocycles. The van der Waals surface area contributed by atoms with Gasteiger partial charge in [0.25, 0.3) is 0 Å². The number of hydrogen-bond donors (Lipinski definition) is 1. The average Bonchev–Trinajstić information content (AvgIpc) is 2.60. The second-order valence-corrected chi connectivity index (χ2v) is 8.00. The molecule has 1 aliphatic heterocycles. The number of fused-ring (bicyclic) bond motifs is 1. The second-order valence-electron chi connectivity index (χ2n) is 8.00. The van der Waals surface area contributed by atoms with Crippen LogP contribution in [0.2, 0.25) is 0 Å². The zero-order chi connectivity index (χ0) is 15.3. The summed E-state index contributed by atoms with van der Waals surface area (Å²) in [5.41, 5.74) is 7.09. The molecule has 2 aliphatic carbocycles. The van der Waals surface area contributed by atoms with Gasteiger partial charge in [0, 0.05) is 5.92 Å². The Labute approximate surface area is 127 Å². The molecule has 2 N–H and O–H groups in total. The van der Waals surface area contributed by atoms with E-state index in [9.17, 15) is 4.79 Å². The molecule has 1 saturated carbocycles. The van der Waals surface area contributed by atoms with Gasteiger partial charge in [0.05, 0.1) is 19.6 Å². The van der Waals surface area contributed by atoms with Crippen molar-refractivity contribution in [3.8, 4) is 0 Å². The number of nitrogens with two attached hydrogens (primary N) is 1. The van der Waals surface area contributed by atoms with Gasteiger partial charge in [-0.3, -0.25) is 4.79 Å². The molecule has 0 radical (unpaired) electrons. The molecular weight excluding hydrogens is 266 g/mol. The van der Waals surface area contributed by atoms with E-state index in [4.69, 9.17) is 15.2 Å². The molecule has 0 spiro atoms. The van der Waals surface area contributed by atoms with E-state index in [-0.39, 0.29) is 11.4 Å². The number of rotatable bonds is 4. The van der Waals surface area contributed by atoms with Crippen molar-refractivity contribution < 1.29 is 14.3 Å². The lowest BCUT2D eigenvalue weighted by Gasteiger charge is -2.51. The standard InChI is InChI=1S/C17H27NO3/c1-16(2,3)21-15(19)7-17(10-18)6-12-4-11(5-14(12)17)13-8-20-9-13/h5,12-14H,4,6-10,18H2,1-3H3/t12-,14-,17-/m0/s1. The first-order chi connectivity index (χ1) is 9.83. The van der Waals surface area contributed by atoms with E-state index in [1.807, 2.05) is 20.8 Å². The highest BCUT2D eigenvalue weighted by molar-refractivity contribution is 5.71. The van der Waals surface area contributed by atoms with Gasteiger partial charge in [-0.25, -0.2) is 0 Å². The van der Waals surface area contributed by atoms with Gasteiger partial charge < -0.3 is 15.2 Å². The fourth-order valence-electron chi connectivity index (χ4n) is 4.14. The van der Waals surface area contributed by atoms with E-state index in [1.54, 1.807) is 0 Å². The van der Waals surface area contributed by atoms with Crippen LogP contribution in [0.1, 0.15) is 40.0 Å². The Kier molecular flexibility index (Phi) is 3.65. The Bertz CT molecular complexity index is 461. The number of ether oxygens (including phenoxy) is 2. The molecule has 0 unspecified atom stereocenters. The Balaban J connectivity index is 1.65. The van der Waals surface area contributed by atoms with Crippen molar-refractivity contribution in [3.63, 3.8) is 0 Å². The summed E-state index contributed by atoms with van der Waals surface area (Å²) in [6.07, 6.45) is 5.08. The lowest BCUT2D eigenvalue weighted by atomic mass is 9.53. The SMILES string of the molecule is CC(C)(C)OC(=O)C[C@]1(CN)C[C@@H]2CC(C3COC3)=C[C@@H]21. The zero-order valence-electron chi connectivity index (χ0n) is 13.4. The Morgan fingerprint density at radius 2 is 2.19 bits per heavy atom. The van der Waals surface area contributed by atoms with Crippen LogP contribution in [0.5, 0.6) is 0 Å². The molecule has 2 fully saturated rings. The minimum Gasteiger partial charge on any atom is -0.460 e. The summed E-state index contributed by atoms with van der Waals surface area (Å²) in [6, 6.07) is 0. The van der Waals surface area contributed by atoms with E-state index in [0.29, 0.717) is 30.7 Å². The Hall–Kier alpha value is -0.870. The topological polar surface area (TPSA) is 61.5 Å². The van der Waals surface area contributed by atoms with Gasteiger partial charge in [0.2, 0.25) is 0 Å². The third-order valence-electron chi connectivity index (χ3n) is 5.26. The van der Waals surface area contributed by atoms with Crippen molar-refractivity contribution in [1.29, 1.82) is 0 Å². The van der Waals surface area contributed by atoms with Gasteiger partial charge in [-0.15, -0.1) is 0 Å². The lowest BCUT2D eigenvalue weighted by molar-refractivity contribution is -0.162. The molecule has 21 heavy (non-hydrogen) atoms. The Morgan fingerprint density at radius 3 is 2.71 bits per heavy atom. The molecule has 1 heterocycles. The molecule has 0 aromatic heterocycles. The molecule has 4 heteroatoms. The molecule has 3 aliphatic rings. The summed E-state index contributed by atoms with van der Waals surface area (Å²) in [4.78, 5) is 12.2. The van der Waals surface area contributed by atoms with Crippen molar-refractivity contribution in [2.45, 2.75) is 45.6 Å². The molecule has 0 aromatic rings. The van der Waals surface area contributed by atoms with Gasteiger partial charge in [0.15, 0.2) is 0 Å². The third kappa shape index (κ3) is 2.76. The molecule has 0 aromatic carbocycles. The largest absolute Gasteiger partial charge is 0.460 e. The van der Waals surface area contributed by atoms with Crippen LogP contribution in [0.4, 0.5) is 0 Å². The first kappa shape index (κ1) is 15.0. The summed E-state index contributed by atoms with van der Waals surface area (Å²) in [6.45, 7) is 8.04. The van der Waals surface area contributed by atoms with Crippen molar-refractivity contribution in [2.24, 2.45) is 28.9 Å². The maximum absolute atomic E-state index is 12.2. The number of carbonyl (C=O) groups excluding carboxylic acids is 1. The smallest absolute Gasteiger partial charge is 0.306 e. The normalized spacial score (nSPS) is 35.5. The van der Waals surface area contributed by atoms with Crippen LogP contribution in [-0.2, 0) is 14.3 Å². The van der Waals surface area contributed by atoms with E-state index in [2.05, 4.69) is 6.08 Å². The van der Waals surface area contributed by atoms with E-state index in [1.165, 1.54) is 12.0 Å². The second kappa shape index (κ2) is 5.10. The zero-order valence-corrected chi connectivity index (χ0v) is 13.4. The van der Waals surface area contributed by atoms with Crippen LogP contribution < -0.4 is 5.73 Å². The summed E-state index contributed by atoms with van der Waals surface area (Å²) in [5.74, 6) is 1.66. The fourth-order valence-corrected chi connectivity index (χ4v) is 4.14. The first-order valence-corrected chi connectivity index (χ1v) is 8.03. The van der Waals surface area contributed by atoms with E-state index < -0.39 is 5.60 Å². The van der Waals surface area contributed by atoms with Crippen molar-refractivity contribution in [3.05, 3.63) is 11.6 Å². The highest BCUT2D eigenvalue weighted by Gasteiger charge is 2.56. The average molecular weight is 293 g/mol. The van der Waals surface area contributed by atoms with Gasteiger partial charge >= 0.3 is 5.97 Å². The molecular formula is C17H27NO3. The maximum Gasteiger partial charge on any atom is 0.306 e. The highest BCUT2D eigenvalue weighted by Crippen LogP contribution is 2.60. The van der Waals surface area contributed by atoms with Gasteiger partial charge in [-0.2, -0.15) is 0 Å². The van der Waals surface area contributed by atoms with Gasteiger partial charge in [-0.1, -0.05) is 11.6 Å². The van der Waals surface area contributed by atoms with Crippen LogP contribution in [0, 0.1) is 23.2 Å². The first-order valence-electron chi connectivity index (χ1n) is 8.03. The third-order valence-corrected chi connectivity index (χ3v) is 5.26. The molecule has 0 amide bonds. The van der Waals surface area contributed by atoms with Crippen LogP contribution in [0.15, 0.2) is 11.6 Å². The number of carbonyl (C=O) groups is 1. The van der Waals surface area contributed by atoms with Crippen molar-refractivity contribution in [2.75, 3.05) is 19.8 Å². The Morgan fingerprint density at radius 1 is 1.48 bits per heavy atom. The molecule has 3 atom stereocenters. The van der Waals surface area contributed by atoms with Crippen LogP contribution in [0.25, 0.3) is 0 Å². The number of hydrogen-bond acceptors (Lipinski definition) is 4. The monoisotopic (exact) mass is 293 g/mol. The molecule has 0 bridgehead atoms. The summed E-state index contributed by atoms with van der Waals surface area (Å²) < 4.78 is 10.8. The van der Waals surface area contributed by atoms with Crippen LogP contribution in [-0.4, -0.2) is 31.3 Å². The predicted octanol–water partition coefficient (Wildman–Crippen LogP) is 2.28. The van der Waals surface area contributed by atoms with Gasteiger partial charge in [0.1, 0.15) is 5.60 Å². The number of allylic oxidation sites excluding steroid dienone is 1. The summed E-state index contributed by atoms with van der Waals surface area (Å²) >= 11 is 0. The van der Waals surface area contributed by atoms with Gasteiger partial charge in [-0.05, 0) is 57.4 Å². The van der Waals surface area contributed by atoms with Crippen molar-refractivity contribution >= 4 is 5.97 Å². The summed E-state index contributed by atoms with van der Waals surface area (Å²) in [7, 11) is 0. The van der Waals surface area contributed by atoms with E-state index >= 15 is 0 Å².